The number of fused-ring (bicyclic) bond motifs is 1. The SMILES string of the molecule is CCCCOC(=O)N1CC(O)(c2c[nH]c3ccc(OC)cc23)C1. The summed E-state index contributed by atoms with van der Waals surface area (Å²) in [5.74, 6) is 0.733. The Morgan fingerprint density at radius 3 is 2.91 bits per heavy atom. The van der Waals surface area contributed by atoms with Crippen molar-refractivity contribution < 1.29 is 19.4 Å². The molecule has 2 heterocycles. The fraction of sp³-hybridized carbons (Fsp3) is 0.471. The summed E-state index contributed by atoms with van der Waals surface area (Å²) in [6.07, 6.45) is 3.27. The number of nitrogens with zero attached hydrogens (tertiary/aromatic N) is 1. The van der Waals surface area contributed by atoms with Gasteiger partial charge < -0.3 is 24.5 Å². The average molecular weight is 318 g/mol. The predicted molar refractivity (Wildman–Crippen MR) is 86.6 cm³/mol. The number of aliphatic hydroxyl groups is 1. The maximum Gasteiger partial charge on any atom is 0.409 e. The summed E-state index contributed by atoms with van der Waals surface area (Å²) in [6.45, 7) is 2.94. The minimum Gasteiger partial charge on any atom is -0.497 e. The number of β-amino-alcohol motifs (C(OH)–C–C–N with tert-alkyl or cyclic N) is 1. The number of H-pyrrole nitrogens is 1. The van der Waals surface area contributed by atoms with Crippen molar-refractivity contribution in [2.45, 2.75) is 25.4 Å². The van der Waals surface area contributed by atoms with Gasteiger partial charge in [-0.25, -0.2) is 4.79 Å². The van der Waals surface area contributed by atoms with Gasteiger partial charge >= 0.3 is 6.09 Å². The van der Waals surface area contributed by atoms with E-state index < -0.39 is 5.60 Å². The second-order valence-corrected chi connectivity index (χ2v) is 5.97. The monoisotopic (exact) mass is 318 g/mol. The van der Waals surface area contributed by atoms with Gasteiger partial charge in [0.1, 0.15) is 11.4 Å². The molecule has 0 spiro atoms. The molecular formula is C17H22N2O4. The van der Waals surface area contributed by atoms with E-state index in [2.05, 4.69) is 4.98 Å². The van der Waals surface area contributed by atoms with Gasteiger partial charge in [-0.05, 0) is 24.6 Å². The van der Waals surface area contributed by atoms with E-state index in [0.717, 1.165) is 35.1 Å². The molecule has 1 amide bonds. The van der Waals surface area contributed by atoms with Gasteiger partial charge in [0.15, 0.2) is 0 Å². The van der Waals surface area contributed by atoms with Crippen LogP contribution in [-0.4, -0.2) is 47.9 Å². The van der Waals surface area contributed by atoms with Crippen molar-refractivity contribution in [3.05, 3.63) is 30.0 Å². The molecule has 1 aliphatic heterocycles. The molecule has 6 heteroatoms. The van der Waals surface area contributed by atoms with Gasteiger partial charge in [0.05, 0.1) is 26.8 Å². The lowest BCUT2D eigenvalue weighted by atomic mass is 9.86. The molecule has 2 aromatic rings. The second-order valence-electron chi connectivity index (χ2n) is 5.97. The van der Waals surface area contributed by atoms with Crippen molar-refractivity contribution in [2.24, 2.45) is 0 Å². The minimum atomic E-state index is -1.05. The number of hydrogen-bond donors (Lipinski definition) is 2. The number of ether oxygens (including phenoxy) is 2. The summed E-state index contributed by atoms with van der Waals surface area (Å²) in [4.78, 5) is 16.6. The molecule has 1 aromatic heterocycles. The number of likely N-dealkylation sites (tertiary alicyclic amines) is 1. The summed E-state index contributed by atoms with van der Waals surface area (Å²) in [6, 6.07) is 5.67. The van der Waals surface area contributed by atoms with Gasteiger partial charge in [0.2, 0.25) is 0 Å². The van der Waals surface area contributed by atoms with E-state index in [-0.39, 0.29) is 19.2 Å². The third-order valence-electron chi connectivity index (χ3n) is 4.28. The number of benzene rings is 1. The van der Waals surface area contributed by atoms with Crippen molar-refractivity contribution in [3.8, 4) is 5.75 Å². The molecule has 1 aromatic carbocycles. The molecule has 0 saturated carbocycles. The normalized spacial score (nSPS) is 16.2. The van der Waals surface area contributed by atoms with Crippen molar-refractivity contribution >= 4 is 17.0 Å². The maximum atomic E-state index is 11.9. The molecule has 1 saturated heterocycles. The van der Waals surface area contributed by atoms with Crippen LogP contribution >= 0.6 is 0 Å². The molecule has 1 aliphatic rings. The number of amides is 1. The summed E-state index contributed by atoms with van der Waals surface area (Å²) in [5, 5.41) is 11.7. The molecule has 0 radical (unpaired) electrons. The summed E-state index contributed by atoms with van der Waals surface area (Å²) >= 11 is 0. The Balaban J connectivity index is 1.72. The average Bonchev–Trinajstić information content (AvgIpc) is 2.95. The Morgan fingerprint density at radius 1 is 1.43 bits per heavy atom. The quantitative estimate of drug-likeness (QED) is 0.831. The Kier molecular flexibility index (Phi) is 4.17. The molecule has 6 nitrogen and oxygen atoms in total. The Hall–Kier alpha value is -2.21. The van der Waals surface area contributed by atoms with Crippen LogP contribution in [0.5, 0.6) is 5.75 Å². The van der Waals surface area contributed by atoms with Crippen molar-refractivity contribution in [3.63, 3.8) is 0 Å². The number of aromatic nitrogens is 1. The molecule has 0 aliphatic carbocycles. The molecule has 124 valence electrons. The first-order valence-electron chi connectivity index (χ1n) is 7.87. The largest absolute Gasteiger partial charge is 0.497 e. The first-order chi connectivity index (χ1) is 11.1. The summed E-state index contributed by atoms with van der Waals surface area (Å²) in [5.41, 5.74) is 0.663. The summed E-state index contributed by atoms with van der Waals surface area (Å²) in [7, 11) is 1.61. The molecule has 0 bridgehead atoms. The number of methoxy groups -OCH3 is 1. The van der Waals surface area contributed by atoms with Crippen LogP contribution in [0.25, 0.3) is 10.9 Å². The van der Waals surface area contributed by atoms with Crippen molar-refractivity contribution in [2.75, 3.05) is 26.8 Å². The highest BCUT2D eigenvalue weighted by Crippen LogP contribution is 2.37. The van der Waals surface area contributed by atoms with E-state index >= 15 is 0 Å². The van der Waals surface area contributed by atoms with Crippen LogP contribution in [0.1, 0.15) is 25.3 Å². The lowest BCUT2D eigenvalue weighted by Gasteiger charge is -2.45. The number of aromatic amines is 1. The number of carbonyl (C=O) groups is 1. The topological polar surface area (TPSA) is 74.8 Å². The standard InChI is InChI=1S/C17H22N2O4/c1-3-4-7-23-16(20)19-10-17(21,11-19)14-9-18-15-6-5-12(22-2)8-13(14)15/h5-6,8-9,18,21H,3-4,7,10-11H2,1-2H3. The fourth-order valence-electron chi connectivity index (χ4n) is 2.89. The number of nitrogens with one attached hydrogen (secondary N) is 1. The van der Waals surface area contributed by atoms with Gasteiger partial charge in [0.25, 0.3) is 0 Å². The minimum absolute atomic E-state index is 0.238. The molecule has 1 fully saturated rings. The molecule has 0 unspecified atom stereocenters. The van der Waals surface area contributed by atoms with Gasteiger partial charge in [0, 0.05) is 22.7 Å². The van der Waals surface area contributed by atoms with Gasteiger partial charge in [-0.1, -0.05) is 13.3 Å². The van der Waals surface area contributed by atoms with Crippen LogP contribution in [0.3, 0.4) is 0 Å². The lowest BCUT2D eigenvalue weighted by molar-refractivity contribution is -0.0931. The molecular weight excluding hydrogens is 296 g/mol. The number of rotatable bonds is 5. The van der Waals surface area contributed by atoms with Crippen LogP contribution in [0.15, 0.2) is 24.4 Å². The first-order valence-corrected chi connectivity index (χ1v) is 7.87. The van der Waals surface area contributed by atoms with E-state index in [1.54, 1.807) is 13.3 Å². The zero-order valence-electron chi connectivity index (χ0n) is 13.5. The highest BCUT2D eigenvalue weighted by atomic mass is 16.6. The van der Waals surface area contributed by atoms with Gasteiger partial charge in [-0.3, -0.25) is 0 Å². The van der Waals surface area contributed by atoms with E-state index in [1.165, 1.54) is 4.90 Å². The van der Waals surface area contributed by atoms with Crippen LogP contribution in [-0.2, 0) is 10.3 Å². The molecule has 3 rings (SSSR count). The van der Waals surface area contributed by atoms with Crippen LogP contribution in [0.4, 0.5) is 4.79 Å². The van der Waals surface area contributed by atoms with Crippen LogP contribution < -0.4 is 4.74 Å². The summed E-state index contributed by atoms with van der Waals surface area (Å²) < 4.78 is 10.4. The van der Waals surface area contributed by atoms with Crippen LogP contribution in [0.2, 0.25) is 0 Å². The lowest BCUT2D eigenvalue weighted by Crippen LogP contribution is -2.61. The Morgan fingerprint density at radius 2 is 2.22 bits per heavy atom. The third kappa shape index (κ3) is 2.86. The van der Waals surface area contributed by atoms with Crippen molar-refractivity contribution in [1.29, 1.82) is 0 Å². The van der Waals surface area contributed by atoms with E-state index in [9.17, 15) is 9.90 Å². The first kappa shape index (κ1) is 15.7. The highest BCUT2D eigenvalue weighted by molar-refractivity contribution is 5.86. The number of hydrogen-bond acceptors (Lipinski definition) is 4. The highest BCUT2D eigenvalue weighted by Gasteiger charge is 2.47. The molecule has 0 atom stereocenters. The van der Waals surface area contributed by atoms with E-state index in [1.807, 2.05) is 25.1 Å². The molecule has 2 N–H and O–H groups in total. The number of unbranched alkanes of at least 4 members (excludes halogenated alkanes) is 1. The number of carbonyl (C=O) groups excluding carboxylic acids is 1. The second kappa shape index (κ2) is 6.12. The van der Waals surface area contributed by atoms with E-state index in [4.69, 9.17) is 9.47 Å². The Labute approximate surface area is 135 Å². The van der Waals surface area contributed by atoms with Crippen molar-refractivity contribution in [1.82, 2.24) is 9.88 Å². The van der Waals surface area contributed by atoms with Gasteiger partial charge in [-0.15, -0.1) is 0 Å². The van der Waals surface area contributed by atoms with E-state index in [0.29, 0.717) is 6.61 Å². The smallest absolute Gasteiger partial charge is 0.409 e. The molecule has 23 heavy (non-hydrogen) atoms. The maximum absolute atomic E-state index is 11.9. The Bertz CT molecular complexity index is 704. The predicted octanol–water partition coefficient (Wildman–Crippen LogP) is 2.62. The fourth-order valence-corrected chi connectivity index (χ4v) is 2.89. The van der Waals surface area contributed by atoms with Gasteiger partial charge in [-0.2, -0.15) is 0 Å². The third-order valence-corrected chi connectivity index (χ3v) is 4.28. The zero-order chi connectivity index (χ0) is 16.4. The zero-order valence-corrected chi connectivity index (χ0v) is 13.5. The van der Waals surface area contributed by atoms with Crippen LogP contribution in [0, 0.1) is 0 Å².